The van der Waals surface area contributed by atoms with Gasteiger partial charge in [-0.25, -0.2) is 18.1 Å². The Balaban J connectivity index is 1.63. The zero-order valence-electron chi connectivity index (χ0n) is 23.5. The van der Waals surface area contributed by atoms with Crippen molar-refractivity contribution in [3.8, 4) is 0 Å². The lowest BCUT2D eigenvalue weighted by Crippen LogP contribution is -2.55. The van der Waals surface area contributed by atoms with Crippen LogP contribution in [0.4, 0.5) is 16.2 Å². The third-order valence-electron chi connectivity index (χ3n) is 7.54. The Labute approximate surface area is 253 Å². The summed E-state index contributed by atoms with van der Waals surface area (Å²) < 4.78 is 40.8. The molecule has 1 saturated heterocycles. The Morgan fingerprint density at radius 3 is 2.51 bits per heavy atom. The Hall–Kier alpha value is -4.01. The van der Waals surface area contributed by atoms with Gasteiger partial charge in [0.15, 0.2) is 0 Å². The van der Waals surface area contributed by atoms with E-state index < -0.39 is 40.3 Å². The van der Waals surface area contributed by atoms with Crippen LogP contribution >= 0.6 is 11.6 Å². The number of carbonyl (C=O) groups is 2. The van der Waals surface area contributed by atoms with Crippen LogP contribution in [0.2, 0.25) is 5.02 Å². The van der Waals surface area contributed by atoms with E-state index in [9.17, 15) is 23.1 Å². The molecule has 5 rings (SSSR count). The number of carbonyl (C=O) groups excluding carboxylic acids is 2. The van der Waals surface area contributed by atoms with Crippen molar-refractivity contribution in [2.24, 2.45) is 0 Å². The second kappa shape index (κ2) is 11.6. The van der Waals surface area contributed by atoms with Crippen molar-refractivity contribution in [2.45, 2.75) is 36.6 Å². The SMILES string of the molecule is COC1C(=O)N(C(O)OC(C=N)(c2cc(S(=O)(=O)Nc3ccccc3Cl)ccc2C)N2CCc3ccccc32)C(=O)N1C. The molecule has 0 aliphatic carbocycles. The first-order valence-corrected chi connectivity index (χ1v) is 15.1. The molecule has 2 aliphatic rings. The maximum Gasteiger partial charge on any atom is 0.333 e. The monoisotopic (exact) mass is 627 g/mol. The normalized spacial score (nSPS) is 18.9. The number of likely N-dealkylation sites (N-methyl/N-ethyl adjacent to an activating group) is 1. The number of sulfonamides is 1. The van der Waals surface area contributed by atoms with Crippen molar-refractivity contribution < 1.29 is 32.6 Å². The van der Waals surface area contributed by atoms with Crippen molar-refractivity contribution in [3.05, 3.63) is 88.4 Å². The molecule has 2 aliphatic heterocycles. The van der Waals surface area contributed by atoms with Crippen LogP contribution in [-0.2, 0) is 36.4 Å². The lowest BCUT2D eigenvalue weighted by molar-refractivity contribution is -0.219. The van der Waals surface area contributed by atoms with Crippen molar-refractivity contribution in [1.29, 1.82) is 5.41 Å². The van der Waals surface area contributed by atoms with Gasteiger partial charge in [0, 0.05) is 32.0 Å². The number of nitrogens with one attached hydrogen (secondary N) is 2. The largest absolute Gasteiger partial charge is 0.353 e. The number of hydrogen-bond acceptors (Lipinski definition) is 9. The number of urea groups is 1. The molecular formula is C29H30ClN5O7S. The molecule has 0 spiro atoms. The molecule has 3 aromatic carbocycles. The molecule has 0 aromatic heterocycles. The standard InChI is InChI=1S/C29H30ClN5O7S/c1-18-12-13-20(43(39,40)32-23-10-6-5-9-22(23)30)16-21(18)29(17-31,34-15-14-19-8-4-7-11-24(19)34)42-28(38)35-25(36)26(41-3)33(2)27(35)37/h4-13,16-17,26,28,31-32,38H,14-15H2,1-3H3. The number of rotatable bonds is 10. The Morgan fingerprint density at radius 1 is 1.14 bits per heavy atom. The number of benzene rings is 3. The molecular weight excluding hydrogens is 598 g/mol. The number of halogens is 1. The predicted octanol–water partition coefficient (Wildman–Crippen LogP) is 3.47. The van der Waals surface area contributed by atoms with Gasteiger partial charge in [-0.2, -0.15) is 0 Å². The molecule has 12 nitrogen and oxygen atoms in total. The molecule has 3 aromatic rings. The van der Waals surface area contributed by atoms with E-state index in [2.05, 4.69) is 4.72 Å². The number of aliphatic hydroxyl groups is 1. The van der Waals surface area contributed by atoms with E-state index >= 15 is 0 Å². The zero-order chi connectivity index (χ0) is 31.1. The number of ether oxygens (including phenoxy) is 2. The van der Waals surface area contributed by atoms with E-state index in [4.69, 9.17) is 26.5 Å². The number of amides is 3. The first kappa shape index (κ1) is 30.4. The number of hydrogen-bond donors (Lipinski definition) is 3. The smallest absolute Gasteiger partial charge is 0.333 e. The van der Waals surface area contributed by atoms with Gasteiger partial charge in [-0.1, -0.05) is 48.0 Å². The van der Waals surface area contributed by atoms with Gasteiger partial charge in [0.2, 0.25) is 12.0 Å². The van der Waals surface area contributed by atoms with Gasteiger partial charge >= 0.3 is 6.03 Å². The van der Waals surface area contributed by atoms with Crippen LogP contribution in [0.3, 0.4) is 0 Å². The Morgan fingerprint density at radius 2 is 1.84 bits per heavy atom. The topological polar surface area (TPSA) is 153 Å². The maximum atomic E-state index is 13.5. The number of aliphatic hydroxyl groups excluding tert-OH is 1. The van der Waals surface area contributed by atoms with Crippen LogP contribution in [0.25, 0.3) is 0 Å². The van der Waals surface area contributed by atoms with Crippen LogP contribution in [0.5, 0.6) is 0 Å². The third kappa shape index (κ3) is 5.23. The van der Waals surface area contributed by atoms with E-state index in [-0.39, 0.29) is 21.2 Å². The Kier molecular flexibility index (Phi) is 8.20. The Bertz CT molecular complexity index is 1700. The van der Waals surface area contributed by atoms with Crippen LogP contribution in [0, 0.1) is 12.3 Å². The third-order valence-corrected chi connectivity index (χ3v) is 9.24. The number of methoxy groups -OCH3 is 1. The van der Waals surface area contributed by atoms with Crippen LogP contribution in [-0.4, -0.2) is 74.8 Å². The minimum absolute atomic E-state index is 0.169. The fourth-order valence-electron chi connectivity index (χ4n) is 5.37. The fourth-order valence-corrected chi connectivity index (χ4v) is 6.72. The molecule has 3 amide bonds. The predicted molar refractivity (Wildman–Crippen MR) is 159 cm³/mol. The molecule has 2 heterocycles. The molecule has 14 heteroatoms. The van der Waals surface area contributed by atoms with Gasteiger partial charge < -0.3 is 20.2 Å². The summed E-state index contributed by atoms with van der Waals surface area (Å²) in [4.78, 5) is 29.0. The second-order valence-electron chi connectivity index (χ2n) is 10.1. The second-order valence-corrected chi connectivity index (χ2v) is 12.2. The van der Waals surface area contributed by atoms with Gasteiger partial charge in [0.25, 0.3) is 22.3 Å². The lowest BCUT2D eigenvalue weighted by Gasteiger charge is -2.43. The molecule has 0 saturated carbocycles. The summed E-state index contributed by atoms with van der Waals surface area (Å²) in [5, 5.41) is 20.2. The van der Waals surface area contributed by atoms with Gasteiger partial charge in [-0.15, -0.1) is 0 Å². The number of para-hydroxylation sites is 2. The summed E-state index contributed by atoms with van der Waals surface area (Å²) in [5.41, 5.74) is 0.523. The summed E-state index contributed by atoms with van der Waals surface area (Å²) in [5.74, 6) is -0.861. The molecule has 0 bridgehead atoms. The van der Waals surface area contributed by atoms with E-state index in [1.807, 2.05) is 18.2 Å². The van der Waals surface area contributed by atoms with Crippen molar-refractivity contribution >= 4 is 51.2 Å². The van der Waals surface area contributed by atoms with Crippen molar-refractivity contribution in [2.75, 3.05) is 30.3 Å². The van der Waals surface area contributed by atoms with Gasteiger partial charge in [-0.05, 0) is 54.8 Å². The number of aryl methyl sites for hydroxylation is 1. The minimum Gasteiger partial charge on any atom is -0.353 e. The average Bonchev–Trinajstić information content (AvgIpc) is 3.51. The summed E-state index contributed by atoms with van der Waals surface area (Å²) >= 11 is 6.19. The highest BCUT2D eigenvalue weighted by Crippen LogP contribution is 2.42. The summed E-state index contributed by atoms with van der Waals surface area (Å²) in [6, 6.07) is 17.2. The minimum atomic E-state index is -4.20. The lowest BCUT2D eigenvalue weighted by atomic mass is 9.96. The fraction of sp³-hybridized carbons (Fsp3) is 0.276. The molecule has 0 radical (unpaired) electrons. The molecule has 226 valence electrons. The van der Waals surface area contributed by atoms with Crippen LogP contribution in [0.1, 0.15) is 16.7 Å². The summed E-state index contributed by atoms with van der Waals surface area (Å²) in [6.07, 6.45) is -1.97. The maximum absolute atomic E-state index is 13.5. The summed E-state index contributed by atoms with van der Waals surface area (Å²) in [7, 11) is -1.61. The van der Waals surface area contributed by atoms with Gasteiger partial charge in [0.05, 0.1) is 21.8 Å². The molecule has 3 unspecified atom stereocenters. The quantitative estimate of drug-likeness (QED) is 0.176. The highest BCUT2D eigenvalue weighted by Gasteiger charge is 2.51. The van der Waals surface area contributed by atoms with E-state index in [0.717, 1.165) is 16.7 Å². The summed E-state index contributed by atoms with van der Waals surface area (Å²) in [6.45, 7) is 2.02. The number of nitrogens with zero attached hydrogens (tertiary/aromatic N) is 3. The molecule has 3 atom stereocenters. The van der Waals surface area contributed by atoms with Gasteiger partial charge in [-0.3, -0.25) is 19.2 Å². The molecule has 43 heavy (non-hydrogen) atoms. The highest BCUT2D eigenvalue weighted by atomic mass is 35.5. The zero-order valence-corrected chi connectivity index (χ0v) is 25.1. The van der Waals surface area contributed by atoms with Crippen molar-refractivity contribution in [3.63, 3.8) is 0 Å². The van der Waals surface area contributed by atoms with E-state index in [0.29, 0.717) is 29.1 Å². The first-order valence-electron chi connectivity index (χ1n) is 13.2. The van der Waals surface area contributed by atoms with Crippen LogP contribution in [0.15, 0.2) is 71.6 Å². The van der Waals surface area contributed by atoms with Gasteiger partial charge in [0.1, 0.15) is 0 Å². The number of anilines is 2. The number of imide groups is 1. The first-order chi connectivity index (χ1) is 20.4. The number of fused-ring (bicyclic) bond motifs is 1. The highest BCUT2D eigenvalue weighted by molar-refractivity contribution is 7.92. The van der Waals surface area contributed by atoms with Crippen LogP contribution < -0.4 is 9.62 Å². The van der Waals surface area contributed by atoms with Crippen molar-refractivity contribution in [1.82, 2.24) is 9.80 Å². The van der Waals surface area contributed by atoms with E-state index in [1.54, 1.807) is 42.2 Å². The average molecular weight is 628 g/mol. The molecule has 3 N–H and O–H groups in total. The molecule has 1 fully saturated rings. The van der Waals surface area contributed by atoms with E-state index in [1.165, 1.54) is 32.4 Å².